The summed E-state index contributed by atoms with van der Waals surface area (Å²) in [7, 11) is 1.62. The number of hydrogen-bond donors (Lipinski definition) is 2. The molecule has 0 radical (unpaired) electrons. The van der Waals surface area contributed by atoms with Gasteiger partial charge in [-0.1, -0.05) is 31.9 Å². The lowest BCUT2D eigenvalue weighted by atomic mass is 9.77. The van der Waals surface area contributed by atoms with E-state index >= 15 is 0 Å². The van der Waals surface area contributed by atoms with Crippen LogP contribution in [0.3, 0.4) is 0 Å². The predicted octanol–water partition coefficient (Wildman–Crippen LogP) is 2.94. The first-order valence-corrected chi connectivity index (χ1v) is 15.5. The van der Waals surface area contributed by atoms with E-state index in [-0.39, 0.29) is 48.1 Å². The molecule has 0 bridgehead atoms. The van der Waals surface area contributed by atoms with E-state index in [4.69, 9.17) is 4.74 Å². The van der Waals surface area contributed by atoms with Crippen molar-refractivity contribution in [2.24, 2.45) is 11.8 Å². The zero-order valence-corrected chi connectivity index (χ0v) is 24.6. The number of carbonyl (C=O) groups is 4. The molecule has 3 heterocycles. The number of benzene rings is 1. The molecule has 2 fully saturated rings. The predicted molar refractivity (Wildman–Crippen MR) is 154 cm³/mol. The Morgan fingerprint density at radius 1 is 1.10 bits per heavy atom. The third-order valence-electron chi connectivity index (χ3n) is 8.62. The lowest BCUT2D eigenvalue weighted by molar-refractivity contribution is -0.146. The van der Waals surface area contributed by atoms with Crippen molar-refractivity contribution in [3.05, 3.63) is 45.9 Å². The Bertz CT molecular complexity index is 1270. The number of nitrogens with one attached hydrogen (secondary N) is 2. The molecule has 1 aliphatic carbocycles. The van der Waals surface area contributed by atoms with Crippen LogP contribution in [0.1, 0.15) is 72.3 Å². The fourth-order valence-electron chi connectivity index (χ4n) is 6.46. The van der Waals surface area contributed by atoms with E-state index in [1.54, 1.807) is 30.6 Å². The minimum absolute atomic E-state index is 0.0308. The van der Waals surface area contributed by atoms with Crippen LogP contribution < -0.4 is 15.4 Å². The summed E-state index contributed by atoms with van der Waals surface area (Å²) in [6, 6.07) is 5.52. The third kappa shape index (κ3) is 6.24. The molecule has 4 amide bonds. The molecule has 1 aromatic heterocycles. The number of aromatic nitrogens is 1. The number of amides is 4. The molecule has 10 nitrogen and oxygen atoms in total. The van der Waals surface area contributed by atoms with E-state index in [9.17, 15) is 19.2 Å². The van der Waals surface area contributed by atoms with E-state index in [0.717, 1.165) is 24.0 Å². The zero-order chi connectivity index (χ0) is 28.9. The summed E-state index contributed by atoms with van der Waals surface area (Å²) < 4.78 is 6.56. The summed E-state index contributed by atoms with van der Waals surface area (Å²) in [5, 5.41) is 5.76. The van der Waals surface area contributed by atoms with Crippen LogP contribution in [-0.2, 0) is 20.8 Å². The summed E-state index contributed by atoms with van der Waals surface area (Å²) in [6.45, 7) is 3.65. The van der Waals surface area contributed by atoms with Crippen molar-refractivity contribution >= 4 is 35.0 Å². The van der Waals surface area contributed by atoms with Crippen LogP contribution in [-0.4, -0.2) is 77.7 Å². The maximum Gasteiger partial charge on any atom is 0.265 e. The molecule has 2 aromatic rings. The number of carbonyl (C=O) groups excluding carboxylic acids is 4. The second-order valence-corrected chi connectivity index (χ2v) is 11.9. The molecule has 11 heteroatoms. The van der Waals surface area contributed by atoms with Gasteiger partial charge in [0.15, 0.2) is 0 Å². The lowest BCUT2D eigenvalue weighted by Gasteiger charge is -2.42. The van der Waals surface area contributed by atoms with Gasteiger partial charge in [-0.3, -0.25) is 24.2 Å². The zero-order valence-electron chi connectivity index (χ0n) is 23.8. The molecule has 4 atom stereocenters. The number of fused-ring (bicyclic) bond motifs is 1. The largest absolute Gasteiger partial charge is 0.488 e. The summed E-state index contributed by atoms with van der Waals surface area (Å²) >= 11 is 1.33. The van der Waals surface area contributed by atoms with Crippen molar-refractivity contribution in [1.29, 1.82) is 0 Å². The van der Waals surface area contributed by atoms with Gasteiger partial charge in [-0.25, -0.2) is 0 Å². The van der Waals surface area contributed by atoms with Crippen molar-refractivity contribution < 1.29 is 23.9 Å². The van der Waals surface area contributed by atoms with Crippen LogP contribution in [0, 0.1) is 11.8 Å². The third-order valence-corrected chi connectivity index (χ3v) is 9.38. The monoisotopic (exact) mass is 581 g/mol. The Morgan fingerprint density at radius 3 is 2.63 bits per heavy atom. The number of ether oxygens (including phenoxy) is 1. The number of nitrogens with zero attached hydrogens (tertiary/aromatic N) is 3. The van der Waals surface area contributed by atoms with Gasteiger partial charge in [-0.15, -0.1) is 11.3 Å². The second-order valence-electron chi connectivity index (χ2n) is 11.0. The maximum atomic E-state index is 14.1. The van der Waals surface area contributed by atoms with Gasteiger partial charge in [0.2, 0.25) is 17.7 Å². The van der Waals surface area contributed by atoms with Gasteiger partial charge in [0, 0.05) is 56.9 Å². The van der Waals surface area contributed by atoms with E-state index < -0.39 is 6.04 Å². The Labute approximate surface area is 244 Å². The average Bonchev–Trinajstić information content (AvgIpc) is 3.72. The summed E-state index contributed by atoms with van der Waals surface area (Å²) in [5.41, 5.74) is 3.65. The smallest absolute Gasteiger partial charge is 0.265 e. The molecule has 2 unspecified atom stereocenters. The first-order chi connectivity index (χ1) is 19.9. The Kier molecular flexibility index (Phi) is 9.22. The molecule has 2 aliphatic heterocycles. The standard InChI is InChI=1S/C30H39N5O5S/c1-3-26(36)33-15-23-27-19(11-14-35(23)29(38)22-9-5-4-8-21(22)28(37)31-2)7-6-10-24(27)40-20-12-13-34(17-20)30(39)25-16-32-18-41-25/h6-7,10,16,18,20-23H,3-5,8-9,11-15,17H2,1-2H3,(H,31,37)(H,33,36)/t20-,21?,22?,23+/m0/s1. The molecular formula is C30H39N5O5S. The first kappa shape index (κ1) is 29.0. The molecule has 2 N–H and O–H groups in total. The SMILES string of the molecule is CCC(=O)NC[C@@H]1c2c(cccc2O[C@H]2CCN(C(=O)c3cncs3)C2)CCN1C(=O)C1CCCCC1C(=O)NC. The van der Waals surface area contributed by atoms with Gasteiger partial charge < -0.3 is 25.2 Å². The minimum atomic E-state index is -0.415. The van der Waals surface area contributed by atoms with E-state index in [1.165, 1.54) is 11.3 Å². The fraction of sp³-hybridized carbons (Fsp3) is 0.567. The topological polar surface area (TPSA) is 121 Å². The molecule has 1 aromatic carbocycles. The number of hydrogen-bond acceptors (Lipinski definition) is 7. The fourth-order valence-corrected chi connectivity index (χ4v) is 7.04. The van der Waals surface area contributed by atoms with Crippen LogP contribution >= 0.6 is 11.3 Å². The van der Waals surface area contributed by atoms with E-state index in [0.29, 0.717) is 62.4 Å². The quantitative estimate of drug-likeness (QED) is 0.495. The molecule has 1 saturated carbocycles. The van der Waals surface area contributed by atoms with Crippen LogP contribution in [0.25, 0.3) is 0 Å². The van der Waals surface area contributed by atoms with Gasteiger partial charge in [0.25, 0.3) is 5.91 Å². The van der Waals surface area contributed by atoms with Crippen LogP contribution in [0.5, 0.6) is 5.75 Å². The normalized spacial score (nSPS) is 24.0. The minimum Gasteiger partial charge on any atom is -0.488 e. The summed E-state index contributed by atoms with van der Waals surface area (Å²) in [4.78, 5) is 60.4. The Morgan fingerprint density at radius 2 is 1.90 bits per heavy atom. The highest BCUT2D eigenvalue weighted by Crippen LogP contribution is 2.40. The highest BCUT2D eigenvalue weighted by molar-refractivity contribution is 7.11. The molecule has 3 aliphatic rings. The number of thiazole rings is 1. The molecule has 220 valence electrons. The number of likely N-dealkylation sites (tertiary alicyclic amines) is 1. The van der Waals surface area contributed by atoms with Crippen LogP contribution in [0.4, 0.5) is 0 Å². The van der Waals surface area contributed by atoms with Gasteiger partial charge in [-0.2, -0.15) is 0 Å². The first-order valence-electron chi connectivity index (χ1n) is 14.7. The molecular weight excluding hydrogens is 542 g/mol. The average molecular weight is 582 g/mol. The molecule has 5 rings (SSSR count). The maximum absolute atomic E-state index is 14.1. The van der Waals surface area contributed by atoms with Gasteiger partial charge in [0.05, 0.1) is 24.3 Å². The van der Waals surface area contributed by atoms with Crippen LogP contribution in [0.15, 0.2) is 29.9 Å². The highest BCUT2D eigenvalue weighted by Gasteiger charge is 2.42. The Balaban J connectivity index is 1.40. The van der Waals surface area contributed by atoms with Crippen molar-refractivity contribution in [3.8, 4) is 5.75 Å². The van der Waals surface area contributed by atoms with E-state index in [2.05, 4.69) is 21.7 Å². The van der Waals surface area contributed by atoms with Crippen molar-refractivity contribution in [3.63, 3.8) is 0 Å². The molecule has 0 spiro atoms. The van der Waals surface area contributed by atoms with Crippen molar-refractivity contribution in [1.82, 2.24) is 25.4 Å². The Hall–Kier alpha value is -3.47. The highest BCUT2D eigenvalue weighted by atomic mass is 32.1. The molecule has 1 saturated heterocycles. The summed E-state index contributed by atoms with van der Waals surface area (Å²) in [6.07, 6.45) is 6.34. The van der Waals surface area contributed by atoms with Crippen LogP contribution in [0.2, 0.25) is 0 Å². The second kappa shape index (κ2) is 13.0. The number of rotatable bonds is 8. The summed E-state index contributed by atoms with van der Waals surface area (Å²) in [5.74, 6) is -0.292. The van der Waals surface area contributed by atoms with E-state index in [1.807, 2.05) is 17.0 Å². The lowest BCUT2D eigenvalue weighted by Crippen LogP contribution is -2.50. The van der Waals surface area contributed by atoms with Crippen molar-refractivity contribution in [2.75, 3.05) is 33.2 Å². The van der Waals surface area contributed by atoms with Gasteiger partial charge in [-0.05, 0) is 30.9 Å². The molecule has 41 heavy (non-hydrogen) atoms. The van der Waals surface area contributed by atoms with Crippen molar-refractivity contribution in [2.45, 2.75) is 64.0 Å². The van der Waals surface area contributed by atoms with Gasteiger partial charge >= 0.3 is 0 Å². The van der Waals surface area contributed by atoms with Gasteiger partial charge in [0.1, 0.15) is 16.7 Å².